The monoisotopic (exact) mass is 291 g/mol. The zero-order valence-corrected chi connectivity index (χ0v) is 10.5. The molecule has 0 aromatic heterocycles. The second-order valence-corrected chi connectivity index (χ2v) is 5.00. The molecule has 0 spiro atoms. The van der Waals surface area contributed by atoms with E-state index >= 15 is 0 Å². The smallest absolute Gasteiger partial charge is 0.341 e. The normalized spacial score (nSPS) is 17.4. The van der Waals surface area contributed by atoms with Gasteiger partial charge >= 0.3 is 5.97 Å². The van der Waals surface area contributed by atoms with Gasteiger partial charge in [-0.1, -0.05) is 12.8 Å². The van der Waals surface area contributed by atoms with E-state index in [0.29, 0.717) is 25.7 Å². The average Bonchev–Trinajstić information content (AvgIpc) is 2.86. The summed E-state index contributed by atoms with van der Waals surface area (Å²) in [6, 6.07) is 0. The van der Waals surface area contributed by atoms with E-state index in [0.717, 1.165) is 0 Å². The van der Waals surface area contributed by atoms with Gasteiger partial charge in [0.2, 0.25) is 0 Å². The number of carboxylic acid groups (broad SMARTS) is 1. The molecule has 110 valence electrons. The van der Waals surface area contributed by atoms with Gasteiger partial charge in [0.1, 0.15) is 5.56 Å². The summed E-state index contributed by atoms with van der Waals surface area (Å²) in [4.78, 5) is 10.7. The average molecular weight is 291 g/mol. The molecule has 1 aromatic carbocycles. The molecule has 2 rings (SSSR count). The van der Waals surface area contributed by atoms with Crippen molar-refractivity contribution in [2.24, 2.45) is 5.73 Å². The summed E-state index contributed by atoms with van der Waals surface area (Å²) in [7, 11) is 0. The number of nitrogens with two attached hydrogens (primary N) is 1. The highest BCUT2D eigenvalue weighted by atomic mass is 19.2. The molecule has 0 bridgehead atoms. The molecular weight excluding hydrogens is 278 g/mol. The standard InChI is InChI=1S/C13H13F4NO2/c14-8-6(12(19)20)9(15)11(17)7(10(8)16)13(5-18)3-1-2-4-13/h1-5,18H2,(H,19,20). The lowest BCUT2D eigenvalue weighted by Gasteiger charge is -2.29. The lowest BCUT2D eigenvalue weighted by atomic mass is 9.77. The molecule has 0 amide bonds. The molecule has 1 aliphatic rings. The van der Waals surface area contributed by atoms with Gasteiger partial charge in [-0.15, -0.1) is 0 Å². The van der Waals surface area contributed by atoms with Gasteiger partial charge in [-0.25, -0.2) is 22.4 Å². The third kappa shape index (κ3) is 1.96. The first-order valence-electron chi connectivity index (χ1n) is 6.15. The van der Waals surface area contributed by atoms with Crippen molar-refractivity contribution in [1.82, 2.24) is 0 Å². The highest BCUT2D eigenvalue weighted by molar-refractivity contribution is 5.88. The Bertz CT molecular complexity index is 539. The number of halogens is 4. The second-order valence-electron chi connectivity index (χ2n) is 5.00. The predicted octanol–water partition coefficient (Wildman–Crippen LogP) is 2.71. The maximum Gasteiger partial charge on any atom is 0.341 e. The molecule has 0 unspecified atom stereocenters. The molecule has 7 heteroatoms. The molecule has 3 nitrogen and oxygen atoms in total. The van der Waals surface area contributed by atoms with Crippen LogP contribution in [-0.2, 0) is 5.41 Å². The Morgan fingerprint density at radius 1 is 1.05 bits per heavy atom. The Balaban J connectivity index is 2.76. The zero-order valence-electron chi connectivity index (χ0n) is 10.5. The second kappa shape index (κ2) is 5.05. The van der Waals surface area contributed by atoms with E-state index in [1.165, 1.54) is 0 Å². The van der Waals surface area contributed by atoms with E-state index in [1.807, 2.05) is 0 Å². The van der Waals surface area contributed by atoms with Crippen molar-refractivity contribution in [1.29, 1.82) is 0 Å². The van der Waals surface area contributed by atoms with Gasteiger partial charge in [0.05, 0.1) is 0 Å². The zero-order chi connectivity index (χ0) is 15.1. The highest BCUT2D eigenvalue weighted by Crippen LogP contribution is 2.44. The number of carbonyl (C=O) groups is 1. The van der Waals surface area contributed by atoms with E-state index in [4.69, 9.17) is 10.8 Å². The summed E-state index contributed by atoms with van der Waals surface area (Å²) in [6.45, 7) is -0.161. The number of carboxylic acids is 1. The first-order valence-corrected chi connectivity index (χ1v) is 6.15. The number of rotatable bonds is 3. The Hall–Kier alpha value is -1.63. The number of aromatic carboxylic acids is 1. The Morgan fingerprint density at radius 3 is 1.85 bits per heavy atom. The maximum absolute atomic E-state index is 14.0. The minimum Gasteiger partial charge on any atom is -0.477 e. The molecule has 1 saturated carbocycles. The van der Waals surface area contributed by atoms with E-state index in [9.17, 15) is 22.4 Å². The summed E-state index contributed by atoms with van der Waals surface area (Å²) in [5.41, 5.74) is 1.99. The Labute approximate surface area is 112 Å². The molecule has 1 fully saturated rings. The first kappa shape index (κ1) is 14.8. The van der Waals surface area contributed by atoms with Crippen LogP contribution in [0.2, 0.25) is 0 Å². The molecule has 1 aliphatic carbocycles. The van der Waals surface area contributed by atoms with Crippen molar-refractivity contribution in [2.45, 2.75) is 31.1 Å². The van der Waals surface area contributed by atoms with E-state index in [1.54, 1.807) is 0 Å². The minimum atomic E-state index is -2.06. The summed E-state index contributed by atoms with van der Waals surface area (Å²) >= 11 is 0. The van der Waals surface area contributed by atoms with Gasteiger partial charge in [-0.2, -0.15) is 0 Å². The van der Waals surface area contributed by atoms with Gasteiger partial charge in [0, 0.05) is 17.5 Å². The van der Waals surface area contributed by atoms with E-state index in [-0.39, 0.29) is 6.54 Å². The van der Waals surface area contributed by atoms with Crippen LogP contribution in [0.25, 0.3) is 0 Å². The summed E-state index contributed by atoms with van der Waals surface area (Å²) in [5, 5.41) is 8.63. The van der Waals surface area contributed by atoms with Crippen molar-refractivity contribution in [2.75, 3.05) is 6.54 Å². The van der Waals surface area contributed by atoms with Crippen LogP contribution in [-0.4, -0.2) is 17.6 Å². The van der Waals surface area contributed by atoms with Crippen LogP contribution in [0.5, 0.6) is 0 Å². The molecule has 0 atom stereocenters. The van der Waals surface area contributed by atoms with Crippen LogP contribution in [0, 0.1) is 23.3 Å². The van der Waals surface area contributed by atoms with E-state index in [2.05, 4.69) is 0 Å². The van der Waals surface area contributed by atoms with Crippen molar-refractivity contribution < 1.29 is 27.5 Å². The molecule has 20 heavy (non-hydrogen) atoms. The summed E-state index contributed by atoms with van der Waals surface area (Å²) in [6.07, 6.45) is 1.89. The van der Waals surface area contributed by atoms with Crippen LogP contribution in [0.3, 0.4) is 0 Å². The topological polar surface area (TPSA) is 63.3 Å². The number of hydrogen-bond donors (Lipinski definition) is 2. The molecule has 0 saturated heterocycles. The minimum absolute atomic E-state index is 0.161. The van der Waals surface area contributed by atoms with Gasteiger partial charge in [0.15, 0.2) is 23.3 Å². The van der Waals surface area contributed by atoms with Crippen LogP contribution in [0.4, 0.5) is 17.6 Å². The highest BCUT2D eigenvalue weighted by Gasteiger charge is 2.42. The molecule has 0 aliphatic heterocycles. The summed E-state index contributed by atoms with van der Waals surface area (Å²) < 4.78 is 55.5. The van der Waals surface area contributed by atoms with Gasteiger partial charge in [-0.3, -0.25) is 0 Å². The van der Waals surface area contributed by atoms with Crippen LogP contribution in [0.15, 0.2) is 0 Å². The molecule has 0 radical (unpaired) electrons. The molecule has 3 N–H and O–H groups in total. The largest absolute Gasteiger partial charge is 0.477 e. The van der Waals surface area contributed by atoms with Gasteiger partial charge in [0.25, 0.3) is 0 Å². The predicted molar refractivity (Wildman–Crippen MR) is 62.4 cm³/mol. The maximum atomic E-state index is 14.0. The molecule has 0 heterocycles. The molecular formula is C13H13F4NO2. The van der Waals surface area contributed by atoms with Crippen LogP contribution in [0.1, 0.15) is 41.6 Å². The lowest BCUT2D eigenvalue weighted by Crippen LogP contribution is -2.35. The first-order chi connectivity index (χ1) is 9.35. The van der Waals surface area contributed by atoms with Crippen LogP contribution < -0.4 is 5.73 Å². The van der Waals surface area contributed by atoms with Gasteiger partial charge in [-0.05, 0) is 12.8 Å². The van der Waals surface area contributed by atoms with Crippen molar-refractivity contribution >= 4 is 5.97 Å². The van der Waals surface area contributed by atoms with Crippen molar-refractivity contribution in [3.8, 4) is 0 Å². The van der Waals surface area contributed by atoms with Gasteiger partial charge < -0.3 is 10.8 Å². The third-order valence-electron chi connectivity index (χ3n) is 3.96. The number of benzene rings is 1. The Kier molecular flexibility index (Phi) is 3.73. The molecule has 1 aromatic rings. The fraction of sp³-hybridized carbons (Fsp3) is 0.462. The van der Waals surface area contributed by atoms with Crippen molar-refractivity contribution in [3.05, 3.63) is 34.4 Å². The fourth-order valence-corrected chi connectivity index (χ4v) is 2.89. The third-order valence-corrected chi connectivity index (χ3v) is 3.96. The SMILES string of the molecule is NCC1(c2c(F)c(F)c(C(=O)O)c(F)c2F)CCCC1. The van der Waals surface area contributed by atoms with Crippen LogP contribution >= 0.6 is 0 Å². The lowest BCUT2D eigenvalue weighted by molar-refractivity contribution is 0.0683. The quantitative estimate of drug-likeness (QED) is 0.665. The van der Waals surface area contributed by atoms with E-state index < -0.39 is 45.8 Å². The Morgan fingerprint density at radius 2 is 1.50 bits per heavy atom. The summed E-state index contributed by atoms with van der Waals surface area (Å²) in [5.74, 6) is -9.14. The fourth-order valence-electron chi connectivity index (χ4n) is 2.89. The number of hydrogen-bond acceptors (Lipinski definition) is 2. The van der Waals surface area contributed by atoms with Crippen molar-refractivity contribution in [3.63, 3.8) is 0 Å².